The van der Waals surface area contributed by atoms with Crippen molar-refractivity contribution in [3.05, 3.63) is 81.7 Å². The topological polar surface area (TPSA) is 117 Å². The summed E-state index contributed by atoms with van der Waals surface area (Å²) in [5.41, 5.74) is 5.30. The fourth-order valence-corrected chi connectivity index (χ4v) is 3.42. The van der Waals surface area contributed by atoms with E-state index in [4.69, 9.17) is 0 Å². The highest BCUT2D eigenvalue weighted by molar-refractivity contribution is 7.13. The van der Waals surface area contributed by atoms with E-state index < -0.39 is 17.4 Å². The number of carbonyl (C=O) groups excluding carboxylic acids is 2. The van der Waals surface area contributed by atoms with Gasteiger partial charge >= 0.3 is 0 Å². The Morgan fingerprint density at radius 1 is 0.893 bits per heavy atom. The van der Waals surface area contributed by atoms with Gasteiger partial charge in [-0.3, -0.25) is 25.2 Å². The van der Waals surface area contributed by atoms with Crippen LogP contribution >= 0.6 is 11.3 Å². The average Bonchev–Trinajstić information content (AvgIpc) is 3.23. The molecular formula is C19H13N5O3S. The Kier molecular flexibility index (Phi) is 4.65. The lowest BCUT2D eigenvalue weighted by molar-refractivity contribution is 0.0842. The van der Waals surface area contributed by atoms with Crippen LogP contribution in [0, 0.1) is 0 Å². The molecule has 4 aromatic rings. The average molecular weight is 391 g/mol. The van der Waals surface area contributed by atoms with E-state index in [1.165, 1.54) is 11.3 Å². The zero-order valence-corrected chi connectivity index (χ0v) is 15.1. The minimum absolute atomic E-state index is 0.00116. The van der Waals surface area contributed by atoms with Crippen molar-refractivity contribution in [2.45, 2.75) is 0 Å². The lowest BCUT2D eigenvalue weighted by atomic mass is 10.1. The van der Waals surface area contributed by atoms with Gasteiger partial charge in [-0.05, 0) is 6.07 Å². The van der Waals surface area contributed by atoms with Crippen LogP contribution in [0.25, 0.3) is 21.3 Å². The molecule has 3 N–H and O–H groups in total. The second-order valence-electron chi connectivity index (χ2n) is 5.76. The predicted molar refractivity (Wildman–Crippen MR) is 105 cm³/mol. The number of hydrazine groups is 1. The summed E-state index contributed by atoms with van der Waals surface area (Å²) in [4.78, 5) is 40.8. The van der Waals surface area contributed by atoms with Gasteiger partial charge in [-0.2, -0.15) is 5.10 Å². The van der Waals surface area contributed by atoms with Gasteiger partial charge in [-0.25, -0.2) is 10.1 Å². The van der Waals surface area contributed by atoms with E-state index in [0.717, 1.165) is 5.56 Å². The van der Waals surface area contributed by atoms with Gasteiger partial charge in [0.15, 0.2) is 5.69 Å². The number of thiazole rings is 1. The van der Waals surface area contributed by atoms with Gasteiger partial charge < -0.3 is 0 Å². The number of benzene rings is 2. The third kappa shape index (κ3) is 3.38. The number of hydrogen-bond donors (Lipinski definition) is 3. The first-order chi connectivity index (χ1) is 13.6. The van der Waals surface area contributed by atoms with Crippen molar-refractivity contribution in [3.63, 3.8) is 0 Å². The number of rotatable bonds is 3. The number of carbonyl (C=O) groups is 2. The summed E-state index contributed by atoms with van der Waals surface area (Å²) in [6.45, 7) is 0. The van der Waals surface area contributed by atoms with Crippen molar-refractivity contribution in [2.75, 3.05) is 0 Å². The minimum atomic E-state index is -0.653. The van der Waals surface area contributed by atoms with Crippen molar-refractivity contribution in [2.24, 2.45) is 0 Å². The second-order valence-corrected chi connectivity index (χ2v) is 6.62. The standard InChI is InChI=1S/C19H13N5O3S/c25-16-13-9-5-4-8-12(13)15(21-22-16)18(27)24-23-17(26)14-10-28-19(20-14)11-6-2-1-3-7-11/h1-10H,(H,22,25)(H,23,26)(H,24,27). The van der Waals surface area contributed by atoms with Crippen molar-refractivity contribution in [1.29, 1.82) is 0 Å². The van der Waals surface area contributed by atoms with Crippen LogP contribution in [0.5, 0.6) is 0 Å². The highest BCUT2D eigenvalue weighted by Crippen LogP contribution is 2.23. The largest absolute Gasteiger partial charge is 0.290 e. The van der Waals surface area contributed by atoms with E-state index in [1.807, 2.05) is 30.3 Å². The molecule has 0 fully saturated rings. The quantitative estimate of drug-likeness (QED) is 0.463. The van der Waals surface area contributed by atoms with Gasteiger partial charge in [0.2, 0.25) is 0 Å². The van der Waals surface area contributed by atoms with Gasteiger partial charge in [-0.1, -0.05) is 48.5 Å². The smallest absolute Gasteiger partial charge is 0.267 e. The zero-order chi connectivity index (χ0) is 19.5. The van der Waals surface area contributed by atoms with Gasteiger partial charge in [-0.15, -0.1) is 11.3 Å². The first kappa shape index (κ1) is 17.6. The lowest BCUT2D eigenvalue weighted by Crippen LogP contribution is -2.42. The highest BCUT2D eigenvalue weighted by atomic mass is 32.1. The summed E-state index contributed by atoms with van der Waals surface area (Å²) in [5.74, 6) is -1.21. The van der Waals surface area contributed by atoms with Crippen LogP contribution in [-0.2, 0) is 0 Å². The number of aromatic amines is 1. The van der Waals surface area contributed by atoms with Crippen LogP contribution in [0.2, 0.25) is 0 Å². The first-order valence-electron chi connectivity index (χ1n) is 8.22. The molecule has 0 atom stereocenters. The van der Waals surface area contributed by atoms with E-state index in [2.05, 4.69) is 26.0 Å². The zero-order valence-electron chi connectivity index (χ0n) is 14.3. The summed E-state index contributed by atoms with van der Waals surface area (Å²) < 4.78 is 0. The highest BCUT2D eigenvalue weighted by Gasteiger charge is 2.16. The summed E-state index contributed by atoms with van der Waals surface area (Å²) in [6, 6.07) is 16.1. The van der Waals surface area contributed by atoms with Crippen LogP contribution in [0.15, 0.2) is 64.8 Å². The molecule has 8 nitrogen and oxygen atoms in total. The Bertz CT molecular complexity index is 1230. The lowest BCUT2D eigenvalue weighted by Gasteiger charge is -2.07. The van der Waals surface area contributed by atoms with Crippen molar-refractivity contribution in [1.82, 2.24) is 26.0 Å². The van der Waals surface area contributed by atoms with Crippen molar-refractivity contribution < 1.29 is 9.59 Å². The first-order valence-corrected chi connectivity index (χ1v) is 9.10. The van der Waals surface area contributed by atoms with E-state index in [1.54, 1.807) is 29.6 Å². The predicted octanol–water partition coefficient (Wildman–Crippen LogP) is 2.12. The number of aromatic nitrogens is 3. The maximum Gasteiger partial charge on any atom is 0.290 e. The molecule has 0 saturated heterocycles. The number of hydrogen-bond acceptors (Lipinski definition) is 6. The Hall–Kier alpha value is -3.85. The molecule has 2 aromatic heterocycles. The molecular weight excluding hydrogens is 378 g/mol. The molecule has 28 heavy (non-hydrogen) atoms. The van der Waals surface area contributed by atoms with Crippen LogP contribution in [0.3, 0.4) is 0 Å². The normalized spacial score (nSPS) is 10.6. The molecule has 0 unspecified atom stereocenters. The van der Waals surface area contributed by atoms with Crippen LogP contribution < -0.4 is 16.4 Å². The van der Waals surface area contributed by atoms with E-state index >= 15 is 0 Å². The fourth-order valence-electron chi connectivity index (χ4n) is 2.62. The van der Waals surface area contributed by atoms with E-state index in [9.17, 15) is 14.4 Å². The Labute approximate surface area is 162 Å². The number of nitrogens with zero attached hydrogens (tertiary/aromatic N) is 2. The molecule has 2 heterocycles. The van der Waals surface area contributed by atoms with Gasteiger partial charge in [0, 0.05) is 16.3 Å². The summed E-state index contributed by atoms with van der Waals surface area (Å²) >= 11 is 1.33. The van der Waals surface area contributed by atoms with E-state index in [-0.39, 0.29) is 11.4 Å². The molecule has 0 radical (unpaired) electrons. The minimum Gasteiger partial charge on any atom is -0.267 e. The molecule has 138 valence electrons. The van der Waals surface area contributed by atoms with Crippen LogP contribution in [0.1, 0.15) is 21.0 Å². The molecule has 0 aliphatic rings. The maximum atomic E-state index is 12.4. The number of fused-ring (bicyclic) bond motifs is 1. The monoisotopic (exact) mass is 391 g/mol. The Balaban J connectivity index is 1.49. The number of amides is 2. The van der Waals surface area contributed by atoms with Crippen LogP contribution in [0.4, 0.5) is 0 Å². The van der Waals surface area contributed by atoms with Crippen molar-refractivity contribution in [3.8, 4) is 10.6 Å². The maximum absolute atomic E-state index is 12.4. The molecule has 2 aromatic carbocycles. The fraction of sp³-hybridized carbons (Fsp3) is 0. The van der Waals surface area contributed by atoms with Gasteiger partial charge in [0.25, 0.3) is 17.4 Å². The number of nitrogens with one attached hydrogen (secondary N) is 3. The summed E-state index contributed by atoms with van der Waals surface area (Å²) in [5, 5.41) is 9.09. The second kappa shape index (κ2) is 7.41. The summed E-state index contributed by atoms with van der Waals surface area (Å²) in [6.07, 6.45) is 0. The van der Waals surface area contributed by atoms with Crippen molar-refractivity contribution >= 4 is 33.9 Å². The Morgan fingerprint density at radius 2 is 1.57 bits per heavy atom. The Morgan fingerprint density at radius 3 is 2.36 bits per heavy atom. The van der Waals surface area contributed by atoms with Crippen LogP contribution in [-0.4, -0.2) is 27.0 Å². The molecule has 0 saturated carbocycles. The molecule has 0 spiro atoms. The molecule has 0 aliphatic heterocycles. The van der Waals surface area contributed by atoms with E-state index in [0.29, 0.717) is 15.8 Å². The SMILES string of the molecule is O=C(NNC(=O)c1n[nH]c(=O)c2ccccc12)c1csc(-c2ccccc2)n1. The molecule has 0 aliphatic carbocycles. The molecule has 0 bridgehead atoms. The third-order valence-corrected chi connectivity index (χ3v) is 4.85. The van der Waals surface area contributed by atoms with Gasteiger partial charge in [0.05, 0.1) is 5.39 Å². The molecule has 4 rings (SSSR count). The summed E-state index contributed by atoms with van der Waals surface area (Å²) in [7, 11) is 0. The molecule has 2 amide bonds. The van der Waals surface area contributed by atoms with Gasteiger partial charge in [0.1, 0.15) is 10.7 Å². The molecule has 9 heteroatoms. The third-order valence-electron chi connectivity index (χ3n) is 3.96. The number of H-pyrrole nitrogens is 1.